The highest BCUT2D eigenvalue weighted by Crippen LogP contribution is 2.33. The Balaban J connectivity index is 1.53. The van der Waals surface area contributed by atoms with E-state index in [0.717, 1.165) is 5.56 Å². The zero-order valence-corrected chi connectivity index (χ0v) is 23.0. The first-order chi connectivity index (χ1) is 19.7. The third-order valence-corrected chi connectivity index (χ3v) is 7.34. The highest BCUT2D eigenvalue weighted by Gasteiger charge is 2.20. The van der Waals surface area contributed by atoms with Gasteiger partial charge in [0.05, 0.1) is 13.1 Å². The number of hydrogen-bond acceptors (Lipinski definition) is 5. The number of aliphatic hydroxyl groups excluding tert-OH is 1. The number of amides is 3. The number of nitrogens with one attached hydrogen (secondary N) is 2. The maximum Gasteiger partial charge on any atom is 0.334 e. The molecule has 3 aromatic carbocycles. The lowest BCUT2D eigenvalue weighted by Crippen LogP contribution is -2.36. The number of carbonyl (C=O) groups is 4. The van der Waals surface area contributed by atoms with Crippen molar-refractivity contribution in [1.29, 1.82) is 0 Å². The van der Waals surface area contributed by atoms with Crippen molar-refractivity contribution in [3.63, 3.8) is 0 Å². The summed E-state index contributed by atoms with van der Waals surface area (Å²) in [5, 5.41) is 23.5. The highest BCUT2D eigenvalue weighted by atomic mass is 16.4. The number of ketones is 1. The lowest BCUT2D eigenvalue weighted by atomic mass is 9.84. The lowest BCUT2D eigenvalue weighted by Gasteiger charge is -2.26. The minimum Gasteiger partial charge on any atom is -0.479 e. The van der Waals surface area contributed by atoms with Gasteiger partial charge < -0.3 is 20.8 Å². The van der Waals surface area contributed by atoms with Gasteiger partial charge in [-0.05, 0) is 73.2 Å². The van der Waals surface area contributed by atoms with E-state index in [1.807, 2.05) is 12.1 Å². The van der Waals surface area contributed by atoms with Crippen LogP contribution in [0.3, 0.4) is 0 Å². The number of aliphatic carboxylic acids is 1. The molecule has 0 aromatic heterocycles. The number of Topliss-reactive ketones (excluding diaryl/α,β-unsaturated/α-hetero) is 1. The molecule has 0 bridgehead atoms. The van der Waals surface area contributed by atoms with Gasteiger partial charge in [0.2, 0.25) is 0 Å². The monoisotopic (exact) mass is 557 g/mol. The van der Waals surface area contributed by atoms with E-state index >= 15 is 0 Å². The number of benzene rings is 3. The average Bonchev–Trinajstić information content (AvgIpc) is 2.99. The van der Waals surface area contributed by atoms with Crippen molar-refractivity contribution in [1.82, 2.24) is 5.32 Å². The molecular weight excluding hydrogens is 522 g/mol. The van der Waals surface area contributed by atoms with E-state index in [2.05, 4.69) is 22.8 Å². The van der Waals surface area contributed by atoms with Gasteiger partial charge in [-0.2, -0.15) is 0 Å². The number of carbonyl (C=O) groups excluding carboxylic acids is 3. The van der Waals surface area contributed by atoms with E-state index in [1.54, 1.807) is 53.4 Å². The van der Waals surface area contributed by atoms with Crippen LogP contribution in [0.15, 0.2) is 72.8 Å². The molecule has 3 aromatic rings. The smallest absolute Gasteiger partial charge is 0.334 e. The zero-order chi connectivity index (χ0) is 29.4. The van der Waals surface area contributed by atoms with Crippen LogP contribution in [0.25, 0.3) is 0 Å². The molecule has 1 aliphatic carbocycles. The molecule has 0 saturated heterocycles. The number of aliphatic hydroxyl groups is 1. The van der Waals surface area contributed by atoms with Crippen LogP contribution in [0.2, 0.25) is 0 Å². The highest BCUT2D eigenvalue weighted by molar-refractivity contribution is 6.03. The normalized spacial score (nSPS) is 14.1. The first-order valence-electron chi connectivity index (χ1n) is 13.8. The summed E-state index contributed by atoms with van der Waals surface area (Å²) in [5.41, 5.74) is 4.02. The number of anilines is 2. The summed E-state index contributed by atoms with van der Waals surface area (Å²) >= 11 is 0. The standard InChI is InChI=1S/C32H35N3O6/c1-21(36)26-8-5-9-27(18-26)34-32(41)35(28-16-14-24(15-17-28)23-6-3-2-4-7-23)20-22-10-12-25(13-11-22)30(38)33-19-29(37)31(39)40/h5,8-18,23,29,37H,2-4,6-7,19-20H2,1H3,(H,33,38)(H,34,41)(H,39,40)/t29-/m1/s1. The van der Waals surface area contributed by atoms with Crippen molar-refractivity contribution in [3.05, 3.63) is 95.1 Å². The fourth-order valence-electron chi connectivity index (χ4n) is 4.97. The number of rotatable bonds is 10. The Bertz CT molecular complexity index is 1380. The maximum atomic E-state index is 13.6. The van der Waals surface area contributed by atoms with E-state index in [1.165, 1.54) is 44.6 Å². The molecule has 0 spiro atoms. The second-order valence-electron chi connectivity index (χ2n) is 10.3. The minimum atomic E-state index is -1.69. The number of urea groups is 1. The van der Waals surface area contributed by atoms with Crippen molar-refractivity contribution in [2.24, 2.45) is 0 Å². The van der Waals surface area contributed by atoms with E-state index in [0.29, 0.717) is 28.4 Å². The van der Waals surface area contributed by atoms with Crippen molar-refractivity contribution in [3.8, 4) is 0 Å². The van der Waals surface area contributed by atoms with Crippen molar-refractivity contribution < 1.29 is 29.4 Å². The van der Waals surface area contributed by atoms with Crippen molar-refractivity contribution >= 4 is 35.1 Å². The first kappa shape index (κ1) is 29.5. The summed E-state index contributed by atoms with van der Waals surface area (Å²) in [4.78, 5) is 50.1. The van der Waals surface area contributed by atoms with Gasteiger partial charge in [0.25, 0.3) is 5.91 Å². The van der Waals surface area contributed by atoms with Crippen LogP contribution in [0.4, 0.5) is 16.2 Å². The van der Waals surface area contributed by atoms with Gasteiger partial charge >= 0.3 is 12.0 Å². The molecule has 1 aliphatic rings. The maximum absolute atomic E-state index is 13.6. The Morgan fingerprint density at radius 3 is 2.22 bits per heavy atom. The number of carboxylic acid groups (broad SMARTS) is 1. The van der Waals surface area contributed by atoms with E-state index < -0.39 is 24.5 Å². The number of carboxylic acids is 1. The van der Waals surface area contributed by atoms with Crippen LogP contribution in [-0.4, -0.2) is 46.6 Å². The van der Waals surface area contributed by atoms with E-state index in [4.69, 9.17) is 5.11 Å². The second-order valence-corrected chi connectivity index (χ2v) is 10.3. The van der Waals surface area contributed by atoms with Gasteiger partial charge in [-0.25, -0.2) is 9.59 Å². The molecule has 9 nitrogen and oxygen atoms in total. The van der Waals surface area contributed by atoms with Crippen LogP contribution >= 0.6 is 0 Å². The topological polar surface area (TPSA) is 136 Å². The third-order valence-electron chi connectivity index (χ3n) is 7.34. The fourth-order valence-corrected chi connectivity index (χ4v) is 4.97. The molecule has 0 aliphatic heterocycles. The molecule has 214 valence electrons. The fraction of sp³-hybridized carbons (Fsp3) is 0.312. The minimum absolute atomic E-state index is 0.0992. The molecule has 0 radical (unpaired) electrons. The molecule has 4 N–H and O–H groups in total. The van der Waals surface area contributed by atoms with E-state index in [9.17, 15) is 24.3 Å². The molecular formula is C32H35N3O6. The van der Waals surface area contributed by atoms with Crippen molar-refractivity contribution in [2.45, 2.75) is 57.6 Å². The molecule has 3 amide bonds. The third kappa shape index (κ3) is 8.02. The molecule has 4 rings (SSSR count). The molecule has 0 unspecified atom stereocenters. The van der Waals surface area contributed by atoms with E-state index in [-0.39, 0.29) is 18.4 Å². The Hall–Kier alpha value is -4.50. The van der Waals surface area contributed by atoms with Gasteiger partial charge in [0.1, 0.15) is 0 Å². The second kappa shape index (κ2) is 13.7. The van der Waals surface area contributed by atoms with Crippen LogP contribution in [0, 0.1) is 0 Å². The summed E-state index contributed by atoms with van der Waals surface area (Å²) in [5.74, 6) is -1.50. The summed E-state index contributed by atoms with van der Waals surface area (Å²) in [7, 11) is 0. The Labute approximate surface area is 239 Å². The quantitative estimate of drug-likeness (QED) is 0.248. The van der Waals surface area contributed by atoms with Crippen LogP contribution in [0.1, 0.15) is 76.8 Å². The van der Waals surface area contributed by atoms with Gasteiger partial charge in [0, 0.05) is 22.5 Å². The number of nitrogens with zero attached hydrogens (tertiary/aromatic N) is 1. The van der Waals surface area contributed by atoms with Crippen molar-refractivity contribution in [2.75, 3.05) is 16.8 Å². The molecule has 1 atom stereocenters. The summed E-state index contributed by atoms with van der Waals surface area (Å²) in [6.07, 6.45) is 4.39. The van der Waals surface area contributed by atoms with Gasteiger partial charge in [-0.3, -0.25) is 14.5 Å². The van der Waals surface area contributed by atoms with Gasteiger partial charge in [0.15, 0.2) is 11.9 Å². The lowest BCUT2D eigenvalue weighted by molar-refractivity contribution is -0.146. The predicted molar refractivity (Wildman–Crippen MR) is 156 cm³/mol. The van der Waals surface area contributed by atoms with Gasteiger partial charge in [-0.1, -0.05) is 55.7 Å². The summed E-state index contributed by atoms with van der Waals surface area (Å²) in [6, 6.07) is 21.1. The molecule has 0 heterocycles. The van der Waals surface area contributed by atoms with Gasteiger partial charge in [-0.15, -0.1) is 0 Å². The average molecular weight is 558 g/mol. The predicted octanol–water partition coefficient (Wildman–Crippen LogP) is 5.35. The Morgan fingerprint density at radius 2 is 1.59 bits per heavy atom. The zero-order valence-electron chi connectivity index (χ0n) is 23.0. The Morgan fingerprint density at radius 1 is 0.902 bits per heavy atom. The molecule has 1 fully saturated rings. The molecule has 41 heavy (non-hydrogen) atoms. The molecule has 9 heteroatoms. The Kier molecular flexibility index (Phi) is 9.86. The SMILES string of the molecule is CC(=O)c1cccc(NC(=O)N(Cc2ccc(C(=O)NC[C@@H](O)C(=O)O)cc2)c2ccc(C3CCCCC3)cc2)c1. The summed E-state index contributed by atoms with van der Waals surface area (Å²) < 4.78 is 0. The van der Waals surface area contributed by atoms with Crippen LogP contribution in [-0.2, 0) is 11.3 Å². The molecule has 1 saturated carbocycles. The first-order valence-corrected chi connectivity index (χ1v) is 13.8. The summed E-state index contributed by atoms with van der Waals surface area (Å²) in [6.45, 7) is 1.27. The largest absolute Gasteiger partial charge is 0.479 e. The van der Waals surface area contributed by atoms with Crippen LogP contribution in [0.5, 0.6) is 0 Å². The number of hydrogen-bond donors (Lipinski definition) is 4. The van der Waals surface area contributed by atoms with Crippen LogP contribution < -0.4 is 15.5 Å².